The molecular weight excluding hydrogens is 330 g/mol. The SMILES string of the molecule is COC(=O)c1cn(-c2ccc(C(C)C)cc2)c2c1C(=O)C(C)=C(C)C2=O. The van der Waals surface area contributed by atoms with Gasteiger partial charge in [0, 0.05) is 23.0 Å². The van der Waals surface area contributed by atoms with Crippen LogP contribution in [0.25, 0.3) is 5.69 Å². The van der Waals surface area contributed by atoms with Gasteiger partial charge in [0.05, 0.1) is 18.2 Å². The molecule has 0 aliphatic heterocycles. The summed E-state index contributed by atoms with van der Waals surface area (Å²) in [6.45, 7) is 7.44. The highest BCUT2D eigenvalue weighted by atomic mass is 16.5. The van der Waals surface area contributed by atoms with Gasteiger partial charge in [-0.25, -0.2) is 4.79 Å². The number of methoxy groups -OCH3 is 1. The van der Waals surface area contributed by atoms with Crippen LogP contribution in [0.3, 0.4) is 0 Å². The molecule has 2 aromatic rings. The van der Waals surface area contributed by atoms with E-state index in [9.17, 15) is 14.4 Å². The van der Waals surface area contributed by atoms with Gasteiger partial charge in [-0.2, -0.15) is 0 Å². The van der Waals surface area contributed by atoms with Gasteiger partial charge in [0.15, 0.2) is 5.78 Å². The molecule has 0 saturated heterocycles. The Hall–Kier alpha value is -2.95. The smallest absolute Gasteiger partial charge is 0.340 e. The lowest BCUT2D eigenvalue weighted by atomic mass is 9.88. The van der Waals surface area contributed by atoms with Crippen LogP contribution in [0.1, 0.15) is 70.4 Å². The van der Waals surface area contributed by atoms with Crippen LogP contribution in [0.15, 0.2) is 41.6 Å². The molecule has 26 heavy (non-hydrogen) atoms. The van der Waals surface area contributed by atoms with Crippen LogP contribution in [0.2, 0.25) is 0 Å². The first-order chi connectivity index (χ1) is 12.3. The first-order valence-electron chi connectivity index (χ1n) is 8.48. The summed E-state index contributed by atoms with van der Waals surface area (Å²) in [4.78, 5) is 37.9. The molecule has 0 amide bonds. The maximum atomic E-state index is 12.9. The van der Waals surface area contributed by atoms with E-state index in [-0.39, 0.29) is 28.4 Å². The third kappa shape index (κ3) is 2.60. The Balaban J connectivity index is 2.26. The largest absolute Gasteiger partial charge is 0.465 e. The van der Waals surface area contributed by atoms with Gasteiger partial charge in [0.2, 0.25) is 5.78 Å². The van der Waals surface area contributed by atoms with Crippen molar-refractivity contribution in [3.8, 4) is 5.69 Å². The summed E-state index contributed by atoms with van der Waals surface area (Å²) in [6, 6.07) is 7.73. The van der Waals surface area contributed by atoms with Crippen LogP contribution in [0, 0.1) is 0 Å². The van der Waals surface area contributed by atoms with Gasteiger partial charge in [-0.05, 0) is 37.5 Å². The van der Waals surface area contributed by atoms with Crippen LogP contribution in [-0.2, 0) is 4.74 Å². The zero-order valence-electron chi connectivity index (χ0n) is 15.5. The van der Waals surface area contributed by atoms with Crippen molar-refractivity contribution in [3.63, 3.8) is 0 Å². The average Bonchev–Trinajstić information content (AvgIpc) is 3.04. The normalized spacial score (nSPS) is 14.1. The molecule has 1 aromatic heterocycles. The first-order valence-corrected chi connectivity index (χ1v) is 8.48. The molecule has 1 aliphatic rings. The number of allylic oxidation sites excluding steroid dienone is 2. The lowest BCUT2D eigenvalue weighted by Gasteiger charge is -2.17. The van der Waals surface area contributed by atoms with Crippen molar-refractivity contribution in [2.45, 2.75) is 33.6 Å². The van der Waals surface area contributed by atoms with E-state index in [4.69, 9.17) is 4.74 Å². The Morgan fingerprint density at radius 1 is 1.00 bits per heavy atom. The molecule has 0 unspecified atom stereocenters. The van der Waals surface area contributed by atoms with E-state index in [1.807, 2.05) is 24.3 Å². The summed E-state index contributed by atoms with van der Waals surface area (Å²) in [5.74, 6) is -0.813. The number of ether oxygens (including phenoxy) is 1. The van der Waals surface area contributed by atoms with Crippen LogP contribution >= 0.6 is 0 Å². The van der Waals surface area contributed by atoms with Crippen LogP contribution in [0.4, 0.5) is 0 Å². The molecule has 0 saturated carbocycles. The van der Waals surface area contributed by atoms with Gasteiger partial charge in [0.25, 0.3) is 0 Å². The highest BCUT2D eigenvalue weighted by Gasteiger charge is 2.36. The van der Waals surface area contributed by atoms with E-state index in [0.29, 0.717) is 22.8 Å². The molecule has 1 aromatic carbocycles. The van der Waals surface area contributed by atoms with Crippen molar-refractivity contribution < 1.29 is 19.1 Å². The van der Waals surface area contributed by atoms with Gasteiger partial charge in [0.1, 0.15) is 5.69 Å². The Morgan fingerprint density at radius 2 is 1.58 bits per heavy atom. The standard InChI is InChI=1S/C21H21NO4/c1-11(2)14-6-8-15(9-7-14)22-10-16(21(25)26-5)17-18(22)20(24)13(4)12(3)19(17)23/h6-11H,1-5H3. The Kier molecular flexibility index (Phi) is 4.40. The summed E-state index contributed by atoms with van der Waals surface area (Å²) < 4.78 is 6.43. The molecule has 0 fully saturated rings. The van der Waals surface area contributed by atoms with Crippen molar-refractivity contribution in [1.82, 2.24) is 4.57 Å². The number of Topliss-reactive ketones (excluding diaryl/α,β-unsaturated/α-hetero) is 2. The minimum Gasteiger partial charge on any atom is -0.465 e. The lowest BCUT2D eigenvalue weighted by Crippen LogP contribution is -2.22. The lowest BCUT2D eigenvalue weighted by molar-refractivity contribution is 0.0597. The summed E-state index contributed by atoms with van der Waals surface area (Å²) in [6.07, 6.45) is 1.52. The van der Waals surface area contributed by atoms with E-state index >= 15 is 0 Å². The molecule has 0 N–H and O–H groups in total. The van der Waals surface area contributed by atoms with Gasteiger partial charge >= 0.3 is 5.97 Å². The fourth-order valence-electron chi connectivity index (χ4n) is 3.15. The summed E-state index contributed by atoms with van der Waals surface area (Å²) in [5.41, 5.74) is 3.10. The number of fused-ring (bicyclic) bond motifs is 1. The number of rotatable bonds is 3. The van der Waals surface area contributed by atoms with E-state index < -0.39 is 5.97 Å². The number of carbonyl (C=O) groups is 3. The van der Waals surface area contributed by atoms with Gasteiger partial charge in [-0.1, -0.05) is 26.0 Å². The van der Waals surface area contributed by atoms with Crippen molar-refractivity contribution >= 4 is 17.5 Å². The molecule has 0 atom stereocenters. The number of hydrogen-bond acceptors (Lipinski definition) is 4. The van der Waals surface area contributed by atoms with Crippen LogP contribution in [0.5, 0.6) is 0 Å². The first kappa shape index (κ1) is 17.9. The molecule has 0 bridgehead atoms. The molecular formula is C21H21NO4. The number of ketones is 2. The highest BCUT2D eigenvalue weighted by molar-refractivity contribution is 6.28. The Labute approximate surface area is 152 Å². The van der Waals surface area contributed by atoms with Gasteiger partial charge in [-0.3, -0.25) is 9.59 Å². The minimum atomic E-state index is -0.632. The second-order valence-electron chi connectivity index (χ2n) is 6.78. The second-order valence-corrected chi connectivity index (χ2v) is 6.78. The van der Waals surface area contributed by atoms with E-state index in [0.717, 1.165) is 5.56 Å². The number of esters is 1. The predicted octanol–water partition coefficient (Wildman–Crippen LogP) is 4.10. The molecule has 5 nitrogen and oxygen atoms in total. The number of nitrogens with zero attached hydrogens (tertiary/aromatic N) is 1. The minimum absolute atomic E-state index is 0.112. The molecule has 1 heterocycles. The van der Waals surface area contributed by atoms with Crippen molar-refractivity contribution in [2.75, 3.05) is 7.11 Å². The van der Waals surface area contributed by atoms with Gasteiger partial charge in [-0.15, -0.1) is 0 Å². The number of benzene rings is 1. The van der Waals surface area contributed by atoms with Crippen LogP contribution in [-0.4, -0.2) is 29.2 Å². The number of aromatic nitrogens is 1. The predicted molar refractivity (Wildman–Crippen MR) is 98.2 cm³/mol. The van der Waals surface area contributed by atoms with Crippen molar-refractivity contribution in [1.29, 1.82) is 0 Å². The van der Waals surface area contributed by atoms with Crippen LogP contribution < -0.4 is 0 Å². The monoisotopic (exact) mass is 351 g/mol. The third-order valence-electron chi connectivity index (χ3n) is 4.93. The van der Waals surface area contributed by atoms with E-state index in [2.05, 4.69) is 13.8 Å². The van der Waals surface area contributed by atoms with Gasteiger partial charge < -0.3 is 9.30 Å². The molecule has 0 radical (unpaired) electrons. The number of hydrogen-bond donors (Lipinski definition) is 0. The zero-order valence-corrected chi connectivity index (χ0v) is 15.5. The molecule has 5 heteroatoms. The average molecular weight is 351 g/mol. The summed E-state index contributed by atoms with van der Waals surface area (Å²) >= 11 is 0. The van der Waals surface area contributed by atoms with E-state index in [1.165, 1.54) is 13.3 Å². The van der Waals surface area contributed by atoms with E-state index in [1.54, 1.807) is 18.4 Å². The number of carbonyl (C=O) groups excluding carboxylic acids is 3. The maximum absolute atomic E-state index is 12.9. The molecule has 3 rings (SSSR count). The highest BCUT2D eigenvalue weighted by Crippen LogP contribution is 2.32. The zero-order chi connectivity index (χ0) is 19.2. The molecule has 0 spiro atoms. The summed E-state index contributed by atoms with van der Waals surface area (Å²) in [5, 5.41) is 0. The maximum Gasteiger partial charge on any atom is 0.340 e. The fourth-order valence-corrected chi connectivity index (χ4v) is 3.15. The topological polar surface area (TPSA) is 65.4 Å². The fraction of sp³-hybridized carbons (Fsp3) is 0.286. The third-order valence-corrected chi connectivity index (χ3v) is 4.93. The second kappa shape index (κ2) is 6.41. The Morgan fingerprint density at radius 3 is 2.12 bits per heavy atom. The van der Waals surface area contributed by atoms with Crippen molar-refractivity contribution in [2.24, 2.45) is 0 Å². The molecule has 134 valence electrons. The summed E-state index contributed by atoms with van der Waals surface area (Å²) in [7, 11) is 1.26. The molecule has 1 aliphatic carbocycles. The van der Waals surface area contributed by atoms with Crippen molar-refractivity contribution in [3.05, 3.63) is 64.0 Å². The Bertz CT molecular complexity index is 959. The quantitative estimate of drug-likeness (QED) is 0.781.